The first-order chi connectivity index (χ1) is 14.0. The Kier molecular flexibility index (Phi) is 7.19. The highest BCUT2D eigenvalue weighted by molar-refractivity contribution is 5.81. The van der Waals surface area contributed by atoms with E-state index in [-0.39, 0.29) is 29.1 Å². The molecule has 0 aromatic heterocycles. The van der Waals surface area contributed by atoms with Crippen molar-refractivity contribution in [3.8, 4) is 5.75 Å². The number of nitro benzene ring substituents is 1. The number of nitrogens with one attached hydrogen (secondary N) is 1. The summed E-state index contributed by atoms with van der Waals surface area (Å²) in [6, 6.07) is 4.77. The molecule has 3 rings (SSSR count). The number of hydrogen-bond donors (Lipinski definition) is 2. The van der Waals surface area contributed by atoms with Crippen molar-refractivity contribution in [1.29, 1.82) is 0 Å². The number of nitro groups is 1. The minimum Gasteiger partial charge on any atom is -0.493 e. The molecular formula is C21H29N3O5. The van der Waals surface area contributed by atoms with E-state index in [2.05, 4.69) is 5.32 Å². The zero-order valence-electron chi connectivity index (χ0n) is 16.5. The molecule has 1 aliphatic carbocycles. The summed E-state index contributed by atoms with van der Waals surface area (Å²) in [5.41, 5.74) is 5.42. The van der Waals surface area contributed by atoms with E-state index in [0.717, 1.165) is 18.8 Å². The predicted molar refractivity (Wildman–Crippen MR) is 108 cm³/mol. The molecule has 1 aromatic rings. The fraction of sp³-hybridized carbons (Fsp3) is 0.619. The van der Waals surface area contributed by atoms with E-state index >= 15 is 0 Å². The van der Waals surface area contributed by atoms with Gasteiger partial charge in [0.15, 0.2) is 6.29 Å². The molecule has 1 aromatic carbocycles. The average Bonchev–Trinajstić information content (AvgIpc) is 2.73. The molecule has 1 saturated carbocycles. The Morgan fingerprint density at radius 1 is 1.31 bits per heavy atom. The van der Waals surface area contributed by atoms with Gasteiger partial charge in [-0.2, -0.15) is 0 Å². The van der Waals surface area contributed by atoms with Crippen molar-refractivity contribution in [2.75, 3.05) is 6.61 Å². The molecule has 2 aliphatic rings. The maximum absolute atomic E-state index is 12.0. The van der Waals surface area contributed by atoms with E-state index in [1.807, 2.05) is 0 Å². The van der Waals surface area contributed by atoms with Gasteiger partial charge < -0.3 is 15.8 Å². The molecule has 29 heavy (non-hydrogen) atoms. The van der Waals surface area contributed by atoms with Crippen molar-refractivity contribution in [2.45, 2.75) is 63.5 Å². The SMILES string of the molecule is NC(=O)C(CCCOc1ccc(C=O)c([N+](=O)[O-])c1)C1CCC2CCCCC2N1. The summed E-state index contributed by atoms with van der Waals surface area (Å²) >= 11 is 0. The number of amides is 1. The lowest BCUT2D eigenvalue weighted by atomic mass is 9.75. The fourth-order valence-electron chi connectivity index (χ4n) is 4.75. The van der Waals surface area contributed by atoms with Crippen LogP contribution in [0.4, 0.5) is 5.69 Å². The van der Waals surface area contributed by atoms with Crippen LogP contribution in [0.25, 0.3) is 0 Å². The number of rotatable bonds is 9. The van der Waals surface area contributed by atoms with Crippen molar-refractivity contribution < 1.29 is 19.2 Å². The summed E-state index contributed by atoms with van der Waals surface area (Å²) < 4.78 is 5.61. The van der Waals surface area contributed by atoms with Gasteiger partial charge in [-0.15, -0.1) is 0 Å². The van der Waals surface area contributed by atoms with Crippen LogP contribution in [0.5, 0.6) is 5.75 Å². The second-order valence-corrected chi connectivity index (χ2v) is 8.10. The second-order valence-electron chi connectivity index (χ2n) is 8.10. The van der Waals surface area contributed by atoms with Gasteiger partial charge in [0.2, 0.25) is 5.91 Å². The van der Waals surface area contributed by atoms with Crippen LogP contribution < -0.4 is 15.8 Å². The van der Waals surface area contributed by atoms with Crippen LogP contribution in [0.3, 0.4) is 0 Å². The van der Waals surface area contributed by atoms with E-state index in [1.54, 1.807) is 0 Å². The van der Waals surface area contributed by atoms with Crippen LogP contribution in [0.1, 0.15) is 61.7 Å². The monoisotopic (exact) mass is 403 g/mol. The Balaban J connectivity index is 1.51. The summed E-state index contributed by atoms with van der Waals surface area (Å²) in [5, 5.41) is 14.7. The molecule has 1 saturated heterocycles. The molecule has 2 fully saturated rings. The van der Waals surface area contributed by atoms with E-state index in [4.69, 9.17) is 10.5 Å². The zero-order chi connectivity index (χ0) is 20.8. The summed E-state index contributed by atoms with van der Waals surface area (Å²) in [6.07, 6.45) is 8.78. The number of nitrogens with two attached hydrogens (primary N) is 1. The van der Waals surface area contributed by atoms with Gasteiger partial charge in [0.05, 0.1) is 29.1 Å². The summed E-state index contributed by atoms with van der Waals surface area (Å²) in [7, 11) is 0. The lowest BCUT2D eigenvalue weighted by Crippen LogP contribution is -2.54. The molecule has 1 heterocycles. The number of piperidine rings is 1. The third-order valence-electron chi connectivity index (χ3n) is 6.29. The van der Waals surface area contributed by atoms with Crippen molar-refractivity contribution in [1.82, 2.24) is 5.32 Å². The molecule has 158 valence electrons. The van der Waals surface area contributed by atoms with Crippen molar-refractivity contribution in [3.05, 3.63) is 33.9 Å². The van der Waals surface area contributed by atoms with Gasteiger partial charge in [0, 0.05) is 12.1 Å². The maximum atomic E-state index is 12.0. The van der Waals surface area contributed by atoms with Crippen LogP contribution in [0.15, 0.2) is 18.2 Å². The quantitative estimate of drug-likeness (QED) is 0.283. The number of ether oxygens (including phenoxy) is 1. The molecule has 0 bridgehead atoms. The second kappa shape index (κ2) is 9.82. The highest BCUT2D eigenvalue weighted by atomic mass is 16.6. The van der Waals surface area contributed by atoms with Gasteiger partial charge in [-0.3, -0.25) is 19.7 Å². The van der Waals surface area contributed by atoms with Crippen LogP contribution in [0.2, 0.25) is 0 Å². The minimum atomic E-state index is -0.604. The molecule has 4 unspecified atom stereocenters. The first-order valence-corrected chi connectivity index (χ1v) is 10.4. The molecule has 3 N–H and O–H groups in total. The van der Waals surface area contributed by atoms with Gasteiger partial charge in [-0.25, -0.2) is 0 Å². The molecular weight excluding hydrogens is 374 g/mol. The van der Waals surface area contributed by atoms with Crippen LogP contribution in [-0.2, 0) is 4.79 Å². The number of benzene rings is 1. The Hall–Kier alpha value is -2.48. The number of nitrogens with zero attached hydrogens (tertiary/aromatic N) is 1. The third-order valence-corrected chi connectivity index (χ3v) is 6.29. The number of carbonyl (C=O) groups excluding carboxylic acids is 2. The Bertz CT molecular complexity index is 754. The average molecular weight is 403 g/mol. The van der Waals surface area contributed by atoms with E-state index < -0.39 is 4.92 Å². The summed E-state index contributed by atoms with van der Waals surface area (Å²) in [5.74, 6) is 0.525. The molecule has 1 amide bonds. The fourth-order valence-corrected chi connectivity index (χ4v) is 4.75. The van der Waals surface area contributed by atoms with Crippen molar-refractivity contribution in [2.24, 2.45) is 17.6 Å². The lowest BCUT2D eigenvalue weighted by Gasteiger charge is -2.42. The number of hydrogen-bond acceptors (Lipinski definition) is 6. The van der Waals surface area contributed by atoms with Crippen molar-refractivity contribution >= 4 is 17.9 Å². The first kappa shape index (κ1) is 21.2. The maximum Gasteiger partial charge on any atom is 0.283 e. The summed E-state index contributed by atoms with van der Waals surface area (Å²) in [6.45, 7) is 0.320. The van der Waals surface area contributed by atoms with Gasteiger partial charge in [0.1, 0.15) is 5.75 Å². The summed E-state index contributed by atoms with van der Waals surface area (Å²) in [4.78, 5) is 33.4. The smallest absolute Gasteiger partial charge is 0.283 e. The molecule has 0 radical (unpaired) electrons. The van der Waals surface area contributed by atoms with Gasteiger partial charge in [0.25, 0.3) is 5.69 Å². The van der Waals surface area contributed by atoms with Gasteiger partial charge in [-0.1, -0.05) is 12.8 Å². The van der Waals surface area contributed by atoms with Gasteiger partial charge in [-0.05, 0) is 56.6 Å². The largest absolute Gasteiger partial charge is 0.493 e. The Morgan fingerprint density at radius 2 is 2.10 bits per heavy atom. The Morgan fingerprint density at radius 3 is 2.83 bits per heavy atom. The number of aldehydes is 1. The van der Waals surface area contributed by atoms with Crippen LogP contribution in [0, 0.1) is 22.0 Å². The predicted octanol–water partition coefficient (Wildman–Crippen LogP) is 2.98. The number of fused-ring (bicyclic) bond motifs is 1. The minimum absolute atomic E-state index is 0.0144. The van der Waals surface area contributed by atoms with Gasteiger partial charge >= 0.3 is 0 Å². The van der Waals surface area contributed by atoms with E-state index in [1.165, 1.54) is 43.9 Å². The molecule has 4 atom stereocenters. The van der Waals surface area contributed by atoms with Crippen molar-refractivity contribution in [3.63, 3.8) is 0 Å². The number of primary amides is 1. The molecule has 0 spiro atoms. The lowest BCUT2D eigenvalue weighted by molar-refractivity contribution is -0.385. The standard InChI is InChI=1S/C21H29N3O5/c22-21(26)17(19-10-8-14-4-1-2-6-18(14)23-19)5-3-11-29-16-9-7-15(13-25)20(12-16)24(27)28/h7,9,12-14,17-19,23H,1-6,8,10-11H2,(H2,22,26). The van der Waals surface area contributed by atoms with E-state index in [0.29, 0.717) is 37.5 Å². The highest BCUT2D eigenvalue weighted by Crippen LogP contribution is 2.34. The molecule has 1 aliphatic heterocycles. The molecule has 8 nitrogen and oxygen atoms in total. The first-order valence-electron chi connectivity index (χ1n) is 10.4. The highest BCUT2D eigenvalue weighted by Gasteiger charge is 2.36. The van der Waals surface area contributed by atoms with Crippen LogP contribution in [-0.4, -0.2) is 35.8 Å². The molecule has 8 heteroatoms. The normalized spacial score (nSPS) is 24.9. The Labute approximate surface area is 170 Å². The zero-order valence-corrected chi connectivity index (χ0v) is 16.5. The third kappa shape index (κ3) is 5.32. The van der Waals surface area contributed by atoms with E-state index in [9.17, 15) is 19.7 Å². The topological polar surface area (TPSA) is 125 Å². The number of carbonyl (C=O) groups is 2. The van der Waals surface area contributed by atoms with Crippen LogP contribution >= 0.6 is 0 Å².